The van der Waals surface area contributed by atoms with Crippen molar-refractivity contribution < 1.29 is 10.0 Å². The molecule has 1 aromatic rings. The summed E-state index contributed by atoms with van der Waals surface area (Å²) in [6, 6.07) is 3.52. The number of pyridine rings is 1. The number of oxime groups is 1. The van der Waals surface area contributed by atoms with Gasteiger partial charge in [-0.15, -0.1) is 0 Å². The summed E-state index contributed by atoms with van der Waals surface area (Å²) in [5.41, 5.74) is 6.87. The molecule has 1 aliphatic heterocycles. The van der Waals surface area contributed by atoms with E-state index in [-0.39, 0.29) is 17.2 Å². The first-order valence-corrected chi connectivity index (χ1v) is 6.66. The first-order chi connectivity index (χ1) is 9.46. The highest BCUT2D eigenvalue weighted by molar-refractivity contribution is 5.94. The van der Waals surface area contributed by atoms with E-state index in [0.29, 0.717) is 31.5 Å². The van der Waals surface area contributed by atoms with E-state index in [1.807, 2.05) is 13.8 Å². The minimum atomic E-state index is -0.334. The SMILES string of the molecule is Cc1cc(C(=O)N2CCC(C)(/C(N)=N/O)CC2)ccn1. The van der Waals surface area contributed by atoms with Gasteiger partial charge in [0.25, 0.3) is 5.91 Å². The third kappa shape index (κ3) is 2.74. The Morgan fingerprint density at radius 2 is 2.15 bits per heavy atom. The molecule has 6 heteroatoms. The average molecular weight is 276 g/mol. The van der Waals surface area contributed by atoms with Crippen molar-refractivity contribution in [3.8, 4) is 0 Å². The molecule has 0 atom stereocenters. The highest BCUT2D eigenvalue weighted by Crippen LogP contribution is 2.31. The number of carbonyl (C=O) groups is 1. The number of amidine groups is 1. The molecule has 1 aliphatic rings. The lowest BCUT2D eigenvalue weighted by molar-refractivity contribution is 0.0666. The van der Waals surface area contributed by atoms with Crippen LogP contribution >= 0.6 is 0 Å². The zero-order valence-corrected chi connectivity index (χ0v) is 11.8. The molecule has 0 spiro atoms. The first kappa shape index (κ1) is 14.3. The summed E-state index contributed by atoms with van der Waals surface area (Å²) in [6.45, 7) is 5.03. The molecule has 108 valence electrons. The second-order valence-electron chi connectivity index (χ2n) is 5.52. The number of hydrogen-bond acceptors (Lipinski definition) is 4. The molecule has 0 bridgehead atoms. The number of nitrogens with two attached hydrogens (primary N) is 1. The van der Waals surface area contributed by atoms with E-state index in [4.69, 9.17) is 10.9 Å². The van der Waals surface area contributed by atoms with Crippen LogP contribution in [0.5, 0.6) is 0 Å². The van der Waals surface area contributed by atoms with Crippen LogP contribution in [0, 0.1) is 12.3 Å². The van der Waals surface area contributed by atoms with Crippen molar-refractivity contribution in [3.63, 3.8) is 0 Å². The maximum absolute atomic E-state index is 12.4. The van der Waals surface area contributed by atoms with Crippen LogP contribution in [0.25, 0.3) is 0 Å². The molecule has 20 heavy (non-hydrogen) atoms. The number of carbonyl (C=O) groups excluding carboxylic acids is 1. The number of rotatable bonds is 2. The van der Waals surface area contributed by atoms with Gasteiger partial charge in [0.05, 0.1) is 0 Å². The summed E-state index contributed by atoms with van der Waals surface area (Å²) in [4.78, 5) is 18.3. The predicted molar refractivity (Wildman–Crippen MR) is 75.6 cm³/mol. The number of nitrogens with zero attached hydrogens (tertiary/aromatic N) is 3. The Balaban J connectivity index is 2.06. The number of likely N-dealkylation sites (tertiary alicyclic amines) is 1. The Labute approximate surface area is 118 Å². The molecule has 6 nitrogen and oxygen atoms in total. The Hall–Kier alpha value is -2.11. The molecule has 0 aliphatic carbocycles. The maximum Gasteiger partial charge on any atom is 0.253 e. The molecule has 1 amide bonds. The zero-order valence-electron chi connectivity index (χ0n) is 11.8. The second kappa shape index (κ2) is 5.48. The minimum absolute atomic E-state index is 0.0112. The Kier molecular flexibility index (Phi) is 3.92. The number of amides is 1. The van der Waals surface area contributed by atoms with Gasteiger partial charge in [0.1, 0.15) is 5.84 Å². The summed E-state index contributed by atoms with van der Waals surface area (Å²) < 4.78 is 0. The highest BCUT2D eigenvalue weighted by Gasteiger charge is 2.35. The van der Waals surface area contributed by atoms with Crippen LogP contribution < -0.4 is 5.73 Å². The molecule has 1 aromatic heterocycles. The Morgan fingerprint density at radius 3 is 2.70 bits per heavy atom. The normalized spacial score (nSPS) is 18.9. The van der Waals surface area contributed by atoms with Crippen LogP contribution in [-0.4, -0.2) is 39.9 Å². The van der Waals surface area contributed by atoms with Crippen LogP contribution in [-0.2, 0) is 0 Å². The van der Waals surface area contributed by atoms with E-state index in [0.717, 1.165) is 5.69 Å². The summed E-state index contributed by atoms with van der Waals surface area (Å²) in [5.74, 6) is 0.251. The van der Waals surface area contributed by atoms with Gasteiger partial charge in [0, 0.05) is 36.0 Å². The van der Waals surface area contributed by atoms with Crippen molar-refractivity contribution in [2.24, 2.45) is 16.3 Å². The van der Waals surface area contributed by atoms with E-state index in [1.54, 1.807) is 23.2 Å². The largest absolute Gasteiger partial charge is 0.409 e. The van der Waals surface area contributed by atoms with E-state index in [2.05, 4.69) is 10.1 Å². The fraction of sp³-hybridized carbons (Fsp3) is 0.500. The lowest BCUT2D eigenvalue weighted by Gasteiger charge is -2.38. The topological polar surface area (TPSA) is 91.8 Å². The van der Waals surface area contributed by atoms with E-state index >= 15 is 0 Å². The Bertz CT molecular complexity index is 534. The van der Waals surface area contributed by atoms with Gasteiger partial charge in [-0.2, -0.15) is 0 Å². The lowest BCUT2D eigenvalue weighted by atomic mass is 9.79. The van der Waals surface area contributed by atoms with Crippen molar-refractivity contribution in [2.75, 3.05) is 13.1 Å². The van der Waals surface area contributed by atoms with Crippen LogP contribution in [0.4, 0.5) is 0 Å². The summed E-state index contributed by atoms with van der Waals surface area (Å²) in [7, 11) is 0. The van der Waals surface area contributed by atoms with Gasteiger partial charge in [-0.1, -0.05) is 12.1 Å². The van der Waals surface area contributed by atoms with Gasteiger partial charge in [0.15, 0.2) is 0 Å². The van der Waals surface area contributed by atoms with Gasteiger partial charge in [-0.25, -0.2) is 0 Å². The molecule has 2 rings (SSSR count). The van der Waals surface area contributed by atoms with E-state index < -0.39 is 0 Å². The third-order valence-corrected chi connectivity index (χ3v) is 4.02. The molecule has 0 radical (unpaired) electrons. The van der Waals surface area contributed by atoms with Gasteiger partial charge in [0.2, 0.25) is 0 Å². The van der Waals surface area contributed by atoms with Gasteiger partial charge >= 0.3 is 0 Å². The van der Waals surface area contributed by atoms with E-state index in [9.17, 15) is 4.79 Å². The number of aromatic nitrogens is 1. The standard InChI is InChI=1S/C14H20N4O2/c1-10-9-11(3-6-16-10)12(19)18-7-4-14(2,5-8-18)13(15)17-20/h3,6,9,20H,4-5,7-8H2,1-2H3,(H2,15,17). The Morgan fingerprint density at radius 1 is 1.50 bits per heavy atom. The summed E-state index contributed by atoms with van der Waals surface area (Å²) in [6.07, 6.45) is 3.03. The van der Waals surface area contributed by atoms with Crippen LogP contribution in [0.3, 0.4) is 0 Å². The van der Waals surface area contributed by atoms with Crippen molar-refractivity contribution in [1.82, 2.24) is 9.88 Å². The average Bonchev–Trinajstić information content (AvgIpc) is 2.46. The fourth-order valence-corrected chi connectivity index (χ4v) is 2.44. The number of piperidine rings is 1. The molecule has 1 fully saturated rings. The lowest BCUT2D eigenvalue weighted by Crippen LogP contribution is -2.47. The fourth-order valence-electron chi connectivity index (χ4n) is 2.44. The molecular weight excluding hydrogens is 256 g/mol. The van der Waals surface area contributed by atoms with Crippen LogP contribution in [0.15, 0.2) is 23.5 Å². The first-order valence-electron chi connectivity index (χ1n) is 6.66. The second-order valence-corrected chi connectivity index (χ2v) is 5.52. The monoisotopic (exact) mass is 276 g/mol. The molecule has 2 heterocycles. The molecule has 0 aromatic carbocycles. The minimum Gasteiger partial charge on any atom is -0.409 e. The van der Waals surface area contributed by atoms with Crippen LogP contribution in [0.2, 0.25) is 0 Å². The van der Waals surface area contributed by atoms with E-state index in [1.165, 1.54) is 0 Å². The van der Waals surface area contributed by atoms with Crippen molar-refractivity contribution in [2.45, 2.75) is 26.7 Å². The number of hydrogen-bond donors (Lipinski definition) is 2. The quantitative estimate of drug-likeness (QED) is 0.369. The molecule has 0 saturated carbocycles. The van der Waals surface area contributed by atoms with Crippen molar-refractivity contribution in [3.05, 3.63) is 29.6 Å². The third-order valence-electron chi connectivity index (χ3n) is 4.02. The van der Waals surface area contributed by atoms with Gasteiger partial charge in [-0.3, -0.25) is 9.78 Å². The molecule has 1 saturated heterocycles. The van der Waals surface area contributed by atoms with Crippen molar-refractivity contribution >= 4 is 11.7 Å². The van der Waals surface area contributed by atoms with Gasteiger partial charge < -0.3 is 15.8 Å². The maximum atomic E-state index is 12.4. The highest BCUT2D eigenvalue weighted by atomic mass is 16.4. The smallest absolute Gasteiger partial charge is 0.253 e. The van der Waals surface area contributed by atoms with Crippen molar-refractivity contribution in [1.29, 1.82) is 0 Å². The summed E-state index contributed by atoms with van der Waals surface area (Å²) >= 11 is 0. The zero-order chi connectivity index (χ0) is 14.8. The van der Waals surface area contributed by atoms with Gasteiger partial charge in [-0.05, 0) is 31.9 Å². The molecular formula is C14H20N4O2. The van der Waals surface area contributed by atoms with Crippen LogP contribution in [0.1, 0.15) is 35.8 Å². The summed E-state index contributed by atoms with van der Waals surface area (Å²) in [5, 5.41) is 11.9. The molecule has 0 unspecified atom stereocenters. The predicted octanol–water partition coefficient (Wildman–Crippen LogP) is 1.38. The number of aryl methyl sites for hydroxylation is 1. The molecule has 3 N–H and O–H groups in total.